The van der Waals surface area contributed by atoms with Gasteiger partial charge < -0.3 is 10.1 Å². The maximum Gasteiger partial charge on any atom is 0.168 e. The van der Waals surface area contributed by atoms with Crippen LogP contribution in [0.25, 0.3) is 17.2 Å². The van der Waals surface area contributed by atoms with Gasteiger partial charge in [0.05, 0.1) is 5.54 Å². The first-order valence-electron chi connectivity index (χ1n) is 10.3. The number of rotatable bonds is 1. The van der Waals surface area contributed by atoms with Gasteiger partial charge in [-0.05, 0) is 60.4 Å². The van der Waals surface area contributed by atoms with Crippen LogP contribution in [0.4, 0.5) is 18.9 Å². The predicted molar refractivity (Wildman–Crippen MR) is 117 cm³/mol. The lowest BCUT2D eigenvalue weighted by atomic mass is 9.73. The van der Waals surface area contributed by atoms with Gasteiger partial charge in [-0.2, -0.15) is 0 Å². The summed E-state index contributed by atoms with van der Waals surface area (Å²) in [5, 5.41) is 3.60. The largest absolute Gasteiger partial charge is 0.485 e. The Balaban J connectivity index is 1.68. The lowest BCUT2D eigenvalue weighted by Gasteiger charge is -2.42. The van der Waals surface area contributed by atoms with Crippen LogP contribution in [0.2, 0.25) is 0 Å². The van der Waals surface area contributed by atoms with Gasteiger partial charge in [-0.1, -0.05) is 31.2 Å². The molecule has 2 aliphatic heterocycles. The van der Waals surface area contributed by atoms with E-state index in [2.05, 4.69) is 32.2 Å². The van der Waals surface area contributed by atoms with Crippen molar-refractivity contribution in [3.8, 4) is 16.9 Å². The Labute approximate surface area is 179 Å². The molecule has 1 unspecified atom stereocenters. The molecule has 0 aliphatic carbocycles. The fourth-order valence-corrected chi connectivity index (χ4v) is 4.88. The van der Waals surface area contributed by atoms with Crippen molar-refractivity contribution in [2.45, 2.75) is 38.8 Å². The molecule has 5 rings (SSSR count). The average Bonchev–Trinajstić information content (AvgIpc) is 2.71. The fraction of sp³-hybridized carbons (Fsp3) is 0.231. The molecule has 5 heteroatoms. The van der Waals surface area contributed by atoms with E-state index in [0.717, 1.165) is 39.6 Å². The Morgan fingerprint density at radius 1 is 0.968 bits per heavy atom. The molecular formula is C26H22F3NO. The molecule has 0 fully saturated rings. The van der Waals surface area contributed by atoms with Crippen molar-refractivity contribution in [1.29, 1.82) is 0 Å². The number of hydrogen-bond donors (Lipinski definition) is 1. The minimum absolute atomic E-state index is 0.0230. The van der Waals surface area contributed by atoms with Crippen LogP contribution in [0, 0.1) is 17.5 Å². The Kier molecular flexibility index (Phi) is 4.40. The van der Waals surface area contributed by atoms with Crippen LogP contribution in [0.15, 0.2) is 54.1 Å². The molecule has 2 heterocycles. The molecule has 31 heavy (non-hydrogen) atoms. The van der Waals surface area contributed by atoms with E-state index in [4.69, 9.17) is 4.74 Å². The van der Waals surface area contributed by atoms with Gasteiger partial charge in [0.25, 0.3) is 0 Å². The minimum Gasteiger partial charge on any atom is -0.485 e. The molecule has 0 bridgehead atoms. The molecule has 0 amide bonds. The zero-order chi connectivity index (χ0) is 21.9. The van der Waals surface area contributed by atoms with Crippen molar-refractivity contribution < 1.29 is 17.9 Å². The average molecular weight is 421 g/mol. The lowest BCUT2D eigenvalue weighted by molar-refractivity contribution is 0.284. The van der Waals surface area contributed by atoms with Crippen molar-refractivity contribution in [3.63, 3.8) is 0 Å². The summed E-state index contributed by atoms with van der Waals surface area (Å²) in [6.45, 7) is 6.55. The molecule has 3 aromatic carbocycles. The highest BCUT2D eigenvalue weighted by atomic mass is 19.1. The minimum atomic E-state index is -0.692. The van der Waals surface area contributed by atoms with Crippen molar-refractivity contribution in [2.75, 3.05) is 5.32 Å². The molecule has 1 N–H and O–H groups in total. The molecule has 0 spiro atoms. The topological polar surface area (TPSA) is 21.3 Å². The van der Waals surface area contributed by atoms with E-state index in [1.54, 1.807) is 12.1 Å². The molecular weight excluding hydrogens is 399 g/mol. The highest BCUT2D eigenvalue weighted by molar-refractivity contribution is 5.82. The molecule has 0 saturated carbocycles. The molecule has 3 aromatic rings. The molecule has 2 aliphatic rings. The predicted octanol–water partition coefficient (Wildman–Crippen LogP) is 7.05. The van der Waals surface area contributed by atoms with Crippen LogP contribution >= 0.6 is 0 Å². The van der Waals surface area contributed by atoms with Crippen LogP contribution in [0.1, 0.15) is 43.4 Å². The second-order valence-electron chi connectivity index (χ2n) is 8.73. The normalized spacial score (nSPS) is 19.7. The van der Waals surface area contributed by atoms with Crippen LogP contribution < -0.4 is 10.1 Å². The smallest absolute Gasteiger partial charge is 0.168 e. The fourth-order valence-electron chi connectivity index (χ4n) is 4.88. The van der Waals surface area contributed by atoms with Crippen LogP contribution in [-0.4, -0.2) is 5.54 Å². The third-order valence-corrected chi connectivity index (χ3v) is 6.28. The number of hydrogen-bond acceptors (Lipinski definition) is 2. The van der Waals surface area contributed by atoms with Crippen molar-refractivity contribution in [2.24, 2.45) is 0 Å². The third kappa shape index (κ3) is 3.19. The summed E-state index contributed by atoms with van der Waals surface area (Å²) in [4.78, 5) is 0. The quantitative estimate of drug-likeness (QED) is 0.454. The Hall–Kier alpha value is -3.21. The maximum atomic E-state index is 14.3. The number of anilines is 1. The molecule has 1 atom stereocenters. The van der Waals surface area contributed by atoms with E-state index >= 15 is 0 Å². The zero-order valence-electron chi connectivity index (χ0n) is 17.5. The first-order chi connectivity index (χ1) is 14.7. The van der Waals surface area contributed by atoms with Gasteiger partial charge in [0.2, 0.25) is 0 Å². The van der Waals surface area contributed by atoms with E-state index in [1.807, 2.05) is 12.1 Å². The Morgan fingerprint density at radius 3 is 2.45 bits per heavy atom. The summed E-state index contributed by atoms with van der Waals surface area (Å²) in [7, 11) is 0. The van der Waals surface area contributed by atoms with Gasteiger partial charge in [-0.15, -0.1) is 0 Å². The standard InChI is InChI=1S/C26H22F3NO/c1-14-21(10-15-4-6-16(27)7-5-15)26(2,3)30-23-9-8-18-19-11-17(28)12-22(29)25(19)31-13-20(18)24(14)23/h4-12,14,30H,13H2,1-3H3. The molecule has 2 nitrogen and oxygen atoms in total. The highest BCUT2D eigenvalue weighted by Crippen LogP contribution is 2.50. The Bertz CT molecular complexity index is 1230. The van der Waals surface area contributed by atoms with Gasteiger partial charge in [-0.25, -0.2) is 13.2 Å². The van der Waals surface area contributed by atoms with Gasteiger partial charge >= 0.3 is 0 Å². The summed E-state index contributed by atoms with van der Waals surface area (Å²) in [5.41, 5.74) is 5.90. The van der Waals surface area contributed by atoms with E-state index in [-0.39, 0.29) is 29.6 Å². The lowest BCUT2D eigenvalue weighted by Crippen LogP contribution is -2.40. The van der Waals surface area contributed by atoms with Crippen molar-refractivity contribution >= 4 is 11.8 Å². The van der Waals surface area contributed by atoms with E-state index in [9.17, 15) is 13.2 Å². The van der Waals surface area contributed by atoms with Gasteiger partial charge in [-0.3, -0.25) is 0 Å². The van der Waals surface area contributed by atoms with E-state index in [0.29, 0.717) is 5.56 Å². The number of halogens is 3. The summed E-state index contributed by atoms with van der Waals surface area (Å²) >= 11 is 0. The van der Waals surface area contributed by atoms with Crippen molar-refractivity contribution in [3.05, 3.63) is 88.2 Å². The SMILES string of the molecule is CC1C(=Cc2ccc(F)cc2)C(C)(C)Nc2ccc3c(c21)COc1c(F)cc(F)cc1-3. The monoisotopic (exact) mass is 421 g/mol. The maximum absolute atomic E-state index is 14.3. The summed E-state index contributed by atoms with van der Waals surface area (Å²) < 4.78 is 47.3. The molecule has 0 saturated heterocycles. The zero-order valence-corrected chi connectivity index (χ0v) is 17.5. The number of benzene rings is 3. The Morgan fingerprint density at radius 2 is 1.71 bits per heavy atom. The first kappa shape index (κ1) is 19.7. The first-order valence-corrected chi connectivity index (χ1v) is 10.3. The van der Waals surface area contributed by atoms with E-state index in [1.165, 1.54) is 18.2 Å². The van der Waals surface area contributed by atoms with E-state index < -0.39 is 11.6 Å². The summed E-state index contributed by atoms with van der Waals surface area (Å²) in [6, 6.07) is 12.4. The van der Waals surface area contributed by atoms with Gasteiger partial charge in [0.15, 0.2) is 11.6 Å². The number of nitrogens with one attached hydrogen (secondary N) is 1. The second-order valence-corrected chi connectivity index (χ2v) is 8.73. The highest BCUT2D eigenvalue weighted by Gasteiger charge is 2.37. The molecule has 0 aromatic heterocycles. The van der Waals surface area contributed by atoms with Gasteiger partial charge in [0.1, 0.15) is 18.2 Å². The summed E-state index contributed by atoms with van der Waals surface area (Å²) in [5.74, 6) is -1.48. The van der Waals surface area contributed by atoms with Crippen molar-refractivity contribution in [1.82, 2.24) is 0 Å². The summed E-state index contributed by atoms with van der Waals surface area (Å²) in [6.07, 6.45) is 2.08. The number of fused-ring (bicyclic) bond motifs is 5. The molecule has 158 valence electrons. The third-order valence-electron chi connectivity index (χ3n) is 6.28. The number of ether oxygens (including phenoxy) is 1. The van der Waals surface area contributed by atoms with Crippen LogP contribution in [0.3, 0.4) is 0 Å². The van der Waals surface area contributed by atoms with Crippen LogP contribution in [-0.2, 0) is 6.61 Å². The van der Waals surface area contributed by atoms with Gasteiger partial charge in [0, 0.05) is 28.8 Å². The molecule has 0 radical (unpaired) electrons. The van der Waals surface area contributed by atoms with Crippen LogP contribution in [0.5, 0.6) is 5.75 Å². The second kappa shape index (κ2) is 6.91.